The van der Waals surface area contributed by atoms with Gasteiger partial charge in [-0.25, -0.2) is 8.42 Å². The molecule has 0 aliphatic carbocycles. The third-order valence-electron chi connectivity index (χ3n) is 3.27. The van der Waals surface area contributed by atoms with E-state index in [1.165, 1.54) is 19.3 Å². The second-order valence-corrected chi connectivity index (χ2v) is 7.03. The minimum Gasteiger partial charge on any atom is -0.354 e. The summed E-state index contributed by atoms with van der Waals surface area (Å²) in [7, 11) is 3.03. The maximum atomic E-state index is 11.8. The number of rotatable bonds is 3. The van der Waals surface area contributed by atoms with E-state index >= 15 is 0 Å². The average molecular weight is 306 g/mol. The Hall–Kier alpha value is -1.05. The lowest BCUT2D eigenvalue weighted by molar-refractivity contribution is 0.0950. The summed E-state index contributed by atoms with van der Waals surface area (Å²) in [6.07, 6.45) is 3.14. The van der Waals surface area contributed by atoms with Gasteiger partial charge in [0, 0.05) is 30.0 Å². The molecule has 1 aromatic rings. The van der Waals surface area contributed by atoms with E-state index in [9.17, 15) is 13.2 Å². The van der Waals surface area contributed by atoms with E-state index < -0.39 is 9.05 Å². The maximum absolute atomic E-state index is 11.8. The zero-order valence-corrected chi connectivity index (χ0v) is 12.1. The Bertz CT molecular complexity index is 576. The first-order valence-electron chi connectivity index (χ1n) is 6.03. The normalized spacial score (nSPS) is 17.4. The predicted octanol–water partition coefficient (Wildman–Crippen LogP) is 0.700. The van der Waals surface area contributed by atoms with E-state index in [0.29, 0.717) is 5.69 Å². The first kappa shape index (κ1) is 14.4. The Balaban J connectivity index is 2.44. The molecule has 0 radical (unpaired) electrons. The van der Waals surface area contributed by atoms with Crippen LogP contribution in [0.4, 0.5) is 0 Å². The molecule has 1 aliphatic rings. The molecule has 0 saturated carbocycles. The molecule has 2 rings (SSSR count). The summed E-state index contributed by atoms with van der Waals surface area (Å²) in [5, 5.41) is 5.74. The second kappa shape index (κ2) is 5.52. The van der Waals surface area contributed by atoms with Crippen LogP contribution in [0.25, 0.3) is 0 Å². The lowest BCUT2D eigenvalue weighted by Gasteiger charge is -2.25. The summed E-state index contributed by atoms with van der Waals surface area (Å²) < 4.78 is 24.5. The molecule has 1 aromatic heterocycles. The molecule has 0 aromatic carbocycles. The molecule has 0 bridgehead atoms. The fraction of sp³-hybridized carbons (Fsp3) is 0.545. The lowest BCUT2D eigenvalue weighted by atomic mass is 10.1. The van der Waals surface area contributed by atoms with Crippen molar-refractivity contribution in [3.8, 4) is 0 Å². The smallest absolute Gasteiger partial charge is 0.267 e. The highest BCUT2D eigenvalue weighted by Crippen LogP contribution is 2.26. The third kappa shape index (κ3) is 3.10. The van der Waals surface area contributed by atoms with Gasteiger partial charge < -0.3 is 15.2 Å². The van der Waals surface area contributed by atoms with Crippen LogP contribution in [-0.2, 0) is 9.05 Å². The SMILES string of the molecule is CNC(=O)c1cc(S(=O)(=O)Cl)cn1C1CCNCC1. The number of hydrogen-bond acceptors (Lipinski definition) is 4. The third-order valence-corrected chi connectivity index (χ3v) is 4.59. The van der Waals surface area contributed by atoms with Crippen LogP contribution in [0.2, 0.25) is 0 Å². The fourth-order valence-corrected chi connectivity index (χ4v) is 3.03. The Labute approximate surface area is 116 Å². The summed E-state index contributed by atoms with van der Waals surface area (Å²) in [4.78, 5) is 11.8. The number of carbonyl (C=O) groups is 1. The van der Waals surface area contributed by atoms with Gasteiger partial charge in [0.25, 0.3) is 15.0 Å². The van der Waals surface area contributed by atoms with Gasteiger partial charge in [0.15, 0.2) is 0 Å². The van der Waals surface area contributed by atoms with Gasteiger partial charge in [0.1, 0.15) is 10.6 Å². The molecule has 6 nitrogen and oxygen atoms in total. The number of aromatic nitrogens is 1. The molecule has 1 saturated heterocycles. The van der Waals surface area contributed by atoms with Crippen LogP contribution < -0.4 is 10.6 Å². The summed E-state index contributed by atoms with van der Waals surface area (Å²) >= 11 is 0. The Morgan fingerprint density at radius 3 is 2.63 bits per heavy atom. The molecule has 1 aliphatic heterocycles. The number of carbonyl (C=O) groups excluding carboxylic acids is 1. The first-order chi connectivity index (χ1) is 8.93. The van der Waals surface area contributed by atoms with Crippen molar-refractivity contribution in [2.75, 3.05) is 20.1 Å². The number of nitrogens with zero attached hydrogens (tertiary/aromatic N) is 1. The molecule has 1 amide bonds. The molecule has 106 valence electrons. The Morgan fingerprint density at radius 1 is 1.47 bits per heavy atom. The number of nitrogens with one attached hydrogen (secondary N) is 2. The van der Waals surface area contributed by atoms with Gasteiger partial charge >= 0.3 is 0 Å². The summed E-state index contributed by atoms with van der Waals surface area (Å²) in [6.45, 7) is 1.69. The largest absolute Gasteiger partial charge is 0.354 e. The van der Waals surface area contributed by atoms with E-state index in [0.717, 1.165) is 25.9 Å². The molecule has 0 spiro atoms. The van der Waals surface area contributed by atoms with Crippen molar-refractivity contribution < 1.29 is 13.2 Å². The van der Waals surface area contributed by atoms with Crippen molar-refractivity contribution in [1.29, 1.82) is 0 Å². The van der Waals surface area contributed by atoms with Gasteiger partial charge in [-0.3, -0.25) is 4.79 Å². The van der Waals surface area contributed by atoms with Crippen molar-refractivity contribution in [2.45, 2.75) is 23.8 Å². The van der Waals surface area contributed by atoms with Gasteiger partial charge in [-0.1, -0.05) is 0 Å². The number of halogens is 1. The predicted molar refractivity (Wildman–Crippen MR) is 72.0 cm³/mol. The molecule has 2 N–H and O–H groups in total. The van der Waals surface area contributed by atoms with E-state index in [-0.39, 0.29) is 16.8 Å². The monoisotopic (exact) mass is 305 g/mol. The number of amides is 1. The minimum absolute atomic E-state index is 0.0358. The molecular weight excluding hydrogens is 290 g/mol. The van der Waals surface area contributed by atoms with Crippen LogP contribution in [0.5, 0.6) is 0 Å². The molecule has 2 heterocycles. The van der Waals surface area contributed by atoms with Crippen molar-refractivity contribution >= 4 is 25.6 Å². The van der Waals surface area contributed by atoms with Gasteiger partial charge in [-0.2, -0.15) is 0 Å². The van der Waals surface area contributed by atoms with Crippen LogP contribution in [0.3, 0.4) is 0 Å². The highest BCUT2D eigenvalue weighted by Gasteiger charge is 2.24. The van der Waals surface area contributed by atoms with Crippen molar-refractivity contribution in [3.63, 3.8) is 0 Å². The Morgan fingerprint density at radius 2 is 2.11 bits per heavy atom. The highest BCUT2D eigenvalue weighted by molar-refractivity contribution is 8.13. The van der Waals surface area contributed by atoms with Gasteiger partial charge in [-0.05, 0) is 32.0 Å². The lowest BCUT2D eigenvalue weighted by Crippen LogP contribution is -2.31. The van der Waals surface area contributed by atoms with E-state index in [1.54, 1.807) is 4.57 Å². The van der Waals surface area contributed by atoms with Crippen LogP contribution in [0.15, 0.2) is 17.2 Å². The van der Waals surface area contributed by atoms with E-state index in [2.05, 4.69) is 10.6 Å². The topological polar surface area (TPSA) is 80.2 Å². The molecule has 8 heteroatoms. The van der Waals surface area contributed by atoms with E-state index in [1.807, 2.05) is 0 Å². The van der Waals surface area contributed by atoms with Crippen LogP contribution in [0, 0.1) is 0 Å². The molecule has 0 unspecified atom stereocenters. The highest BCUT2D eigenvalue weighted by atomic mass is 35.7. The quantitative estimate of drug-likeness (QED) is 0.806. The van der Waals surface area contributed by atoms with Crippen molar-refractivity contribution in [1.82, 2.24) is 15.2 Å². The van der Waals surface area contributed by atoms with E-state index in [4.69, 9.17) is 10.7 Å². The standard InChI is InChI=1S/C11H16ClN3O3S/c1-13-11(16)10-6-9(19(12,17)18)7-15(10)8-2-4-14-5-3-8/h6-8,14H,2-5H2,1H3,(H,13,16). The zero-order chi connectivity index (χ0) is 14.0. The van der Waals surface area contributed by atoms with Crippen molar-refractivity contribution in [2.24, 2.45) is 0 Å². The number of hydrogen-bond donors (Lipinski definition) is 2. The minimum atomic E-state index is -3.83. The van der Waals surface area contributed by atoms with Gasteiger partial charge in [0.05, 0.1) is 0 Å². The van der Waals surface area contributed by atoms with Gasteiger partial charge in [-0.15, -0.1) is 0 Å². The van der Waals surface area contributed by atoms with Crippen LogP contribution in [0.1, 0.15) is 29.4 Å². The molecule has 19 heavy (non-hydrogen) atoms. The summed E-state index contributed by atoms with van der Waals surface area (Å²) in [6, 6.07) is 1.43. The van der Waals surface area contributed by atoms with Crippen LogP contribution >= 0.6 is 10.7 Å². The van der Waals surface area contributed by atoms with Gasteiger partial charge in [0.2, 0.25) is 0 Å². The summed E-state index contributed by atoms with van der Waals surface area (Å²) in [5.41, 5.74) is 0.327. The Kier molecular flexibility index (Phi) is 4.17. The van der Waals surface area contributed by atoms with Crippen LogP contribution in [-0.4, -0.2) is 39.0 Å². The van der Waals surface area contributed by atoms with Crippen molar-refractivity contribution in [3.05, 3.63) is 18.0 Å². The first-order valence-corrected chi connectivity index (χ1v) is 8.33. The number of piperidine rings is 1. The average Bonchev–Trinajstić information content (AvgIpc) is 2.83. The maximum Gasteiger partial charge on any atom is 0.267 e. The second-order valence-electron chi connectivity index (χ2n) is 4.47. The zero-order valence-electron chi connectivity index (χ0n) is 10.5. The summed E-state index contributed by atoms with van der Waals surface area (Å²) in [5.74, 6) is -0.315. The molecule has 0 atom stereocenters. The molecular formula is C11H16ClN3O3S. The molecule has 1 fully saturated rings. The fourth-order valence-electron chi connectivity index (χ4n) is 2.28.